The molecule has 0 spiro atoms. The summed E-state index contributed by atoms with van der Waals surface area (Å²) in [6.45, 7) is 5.42. The van der Waals surface area contributed by atoms with E-state index in [1.54, 1.807) is 6.20 Å². The van der Waals surface area contributed by atoms with Crippen LogP contribution in [0.1, 0.15) is 26.2 Å². The number of hydrogen-bond acceptors (Lipinski definition) is 5. The van der Waals surface area contributed by atoms with E-state index in [-0.39, 0.29) is 0 Å². The van der Waals surface area contributed by atoms with Gasteiger partial charge in [0.05, 0.1) is 11.9 Å². The van der Waals surface area contributed by atoms with E-state index in [0.29, 0.717) is 12.3 Å². The van der Waals surface area contributed by atoms with Crippen molar-refractivity contribution in [1.82, 2.24) is 15.1 Å². The summed E-state index contributed by atoms with van der Waals surface area (Å²) in [5.41, 5.74) is 1.08. The molecule has 6 nitrogen and oxygen atoms in total. The average Bonchev–Trinajstić information content (AvgIpc) is 2.53. The lowest BCUT2D eigenvalue weighted by Gasteiger charge is -2.36. The maximum absolute atomic E-state index is 12.0. The first-order valence-electron chi connectivity index (χ1n) is 7.64. The van der Waals surface area contributed by atoms with Crippen LogP contribution in [0.25, 0.3) is 0 Å². The highest BCUT2D eigenvalue weighted by atomic mass is 16.2. The van der Waals surface area contributed by atoms with Crippen LogP contribution in [-0.2, 0) is 4.79 Å². The monoisotopic (exact) mass is 291 g/mol. The van der Waals surface area contributed by atoms with Crippen LogP contribution in [0.5, 0.6) is 0 Å². The molecule has 2 heterocycles. The number of piperazine rings is 1. The van der Waals surface area contributed by atoms with Gasteiger partial charge in [0.2, 0.25) is 5.91 Å². The molecule has 0 radical (unpaired) electrons. The van der Waals surface area contributed by atoms with Crippen LogP contribution in [0, 0.1) is 0 Å². The van der Waals surface area contributed by atoms with Crippen molar-refractivity contribution in [1.29, 1.82) is 0 Å². The van der Waals surface area contributed by atoms with Gasteiger partial charge >= 0.3 is 0 Å². The van der Waals surface area contributed by atoms with Gasteiger partial charge in [0, 0.05) is 52.8 Å². The van der Waals surface area contributed by atoms with Crippen LogP contribution in [0.15, 0.2) is 12.3 Å². The molecule has 0 saturated carbocycles. The van der Waals surface area contributed by atoms with Crippen molar-refractivity contribution in [2.75, 3.05) is 50.1 Å². The Morgan fingerprint density at radius 1 is 1.29 bits per heavy atom. The van der Waals surface area contributed by atoms with Gasteiger partial charge in [-0.15, -0.1) is 5.10 Å². The van der Waals surface area contributed by atoms with Crippen LogP contribution < -0.4 is 9.80 Å². The van der Waals surface area contributed by atoms with Crippen LogP contribution in [-0.4, -0.2) is 61.3 Å². The van der Waals surface area contributed by atoms with Gasteiger partial charge in [-0.1, -0.05) is 13.3 Å². The molecule has 1 aromatic heterocycles. The van der Waals surface area contributed by atoms with Gasteiger partial charge in [-0.3, -0.25) is 4.79 Å². The smallest absolute Gasteiger partial charge is 0.222 e. The zero-order chi connectivity index (χ0) is 15.2. The molecule has 0 atom stereocenters. The van der Waals surface area contributed by atoms with Gasteiger partial charge in [0.1, 0.15) is 0 Å². The minimum atomic E-state index is 0.290. The van der Waals surface area contributed by atoms with E-state index >= 15 is 0 Å². The molecule has 0 aromatic carbocycles. The maximum Gasteiger partial charge on any atom is 0.222 e. The second-order valence-electron chi connectivity index (χ2n) is 5.64. The topological polar surface area (TPSA) is 52.6 Å². The van der Waals surface area contributed by atoms with Crippen molar-refractivity contribution in [3.63, 3.8) is 0 Å². The molecule has 1 fully saturated rings. The Balaban J connectivity index is 1.92. The first kappa shape index (κ1) is 15.5. The third-order valence-corrected chi connectivity index (χ3v) is 3.83. The molecule has 21 heavy (non-hydrogen) atoms. The Labute approximate surface area is 126 Å². The highest BCUT2D eigenvalue weighted by molar-refractivity contribution is 5.76. The quantitative estimate of drug-likeness (QED) is 0.820. The largest absolute Gasteiger partial charge is 0.367 e. The van der Waals surface area contributed by atoms with Gasteiger partial charge in [0.25, 0.3) is 0 Å². The van der Waals surface area contributed by atoms with Gasteiger partial charge in [-0.25, -0.2) is 0 Å². The molecule has 0 aliphatic carbocycles. The van der Waals surface area contributed by atoms with Crippen LogP contribution in [0.3, 0.4) is 0 Å². The fourth-order valence-electron chi connectivity index (χ4n) is 2.44. The van der Waals surface area contributed by atoms with Crippen LogP contribution in [0.2, 0.25) is 0 Å². The fourth-order valence-corrected chi connectivity index (χ4v) is 2.44. The molecule has 0 N–H and O–H groups in total. The number of anilines is 2. The Hall–Kier alpha value is -1.85. The summed E-state index contributed by atoms with van der Waals surface area (Å²) < 4.78 is 0. The lowest BCUT2D eigenvalue weighted by molar-refractivity contribution is -0.131. The molecule has 1 aromatic rings. The molecular weight excluding hydrogens is 266 g/mol. The van der Waals surface area contributed by atoms with Crippen LogP contribution >= 0.6 is 0 Å². The van der Waals surface area contributed by atoms with Crippen molar-refractivity contribution in [2.24, 2.45) is 0 Å². The molecule has 0 bridgehead atoms. The number of hydrogen-bond donors (Lipinski definition) is 0. The first-order chi connectivity index (χ1) is 10.1. The molecule has 2 rings (SSSR count). The third-order valence-electron chi connectivity index (χ3n) is 3.83. The standard InChI is InChI=1S/C15H25N5O/c1-4-5-6-15(21)20-9-7-19(8-10-20)13-11-14(18(2)3)17-16-12-13/h11-12H,4-10H2,1-3H3. The first-order valence-corrected chi connectivity index (χ1v) is 7.64. The molecule has 116 valence electrons. The molecular formula is C15H25N5O. The van der Waals surface area contributed by atoms with Gasteiger partial charge in [-0.2, -0.15) is 5.10 Å². The molecule has 6 heteroatoms. The number of unbranched alkanes of at least 4 members (excludes halogenated alkanes) is 1. The van der Waals surface area contributed by atoms with Crippen molar-refractivity contribution in [3.05, 3.63) is 12.3 Å². The zero-order valence-electron chi connectivity index (χ0n) is 13.2. The van der Waals surface area contributed by atoms with E-state index in [1.807, 2.05) is 30.0 Å². The SMILES string of the molecule is CCCCC(=O)N1CCN(c2cnnc(N(C)C)c2)CC1. The lowest BCUT2D eigenvalue weighted by atomic mass is 10.2. The van der Waals surface area contributed by atoms with Crippen molar-refractivity contribution in [3.8, 4) is 0 Å². The van der Waals surface area contributed by atoms with Crippen LogP contribution in [0.4, 0.5) is 11.5 Å². The summed E-state index contributed by atoms with van der Waals surface area (Å²) in [6.07, 6.45) is 4.53. The second kappa shape index (κ2) is 7.24. The Bertz CT molecular complexity index is 469. The van der Waals surface area contributed by atoms with E-state index in [4.69, 9.17) is 0 Å². The number of carbonyl (C=O) groups excluding carboxylic acids is 1. The molecule has 1 saturated heterocycles. The van der Waals surface area contributed by atoms with E-state index in [9.17, 15) is 4.79 Å². The van der Waals surface area contributed by atoms with E-state index < -0.39 is 0 Å². The highest BCUT2D eigenvalue weighted by Crippen LogP contribution is 2.19. The summed E-state index contributed by atoms with van der Waals surface area (Å²) in [4.78, 5) is 18.2. The molecule has 1 aliphatic heterocycles. The third kappa shape index (κ3) is 4.06. The minimum absolute atomic E-state index is 0.290. The number of carbonyl (C=O) groups is 1. The number of aromatic nitrogens is 2. The van der Waals surface area contributed by atoms with Gasteiger partial charge in [-0.05, 0) is 6.42 Å². The van der Waals surface area contributed by atoms with Crippen molar-refractivity contribution < 1.29 is 4.79 Å². The van der Waals surface area contributed by atoms with Crippen molar-refractivity contribution in [2.45, 2.75) is 26.2 Å². The zero-order valence-corrected chi connectivity index (χ0v) is 13.2. The van der Waals surface area contributed by atoms with E-state index in [1.165, 1.54) is 0 Å². The lowest BCUT2D eigenvalue weighted by Crippen LogP contribution is -2.48. The Morgan fingerprint density at radius 3 is 2.62 bits per heavy atom. The molecule has 1 amide bonds. The minimum Gasteiger partial charge on any atom is -0.367 e. The second-order valence-corrected chi connectivity index (χ2v) is 5.64. The van der Waals surface area contributed by atoms with E-state index in [0.717, 1.165) is 50.5 Å². The summed E-state index contributed by atoms with van der Waals surface area (Å²) in [5.74, 6) is 1.15. The highest BCUT2D eigenvalue weighted by Gasteiger charge is 2.21. The normalized spacial score (nSPS) is 15.2. The molecule has 0 unspecified atom stereocenters. The van der Waals surface area contributed by atoms with E-state index in [2.05, 4.69) is 22.0 Å². The Kier molecular flexibility index (Phi) is 5.36. The number of nitrogens with zero attached hydrogens (tertiary/aromatic N) is 5. The summed E-state index contributed by atoms with van der Waals surface area (Å²) in [5, 5.41) is 8.16. The number of amides is 1. The average molecular weight is 291 g/mol. The summed E-state index contributed by atoms with van der Waals surface area (Å²) in [6, 6.07) is 2.04. The molecule has 1 aliphatic rings. The summed E-state index contributed by atoms with van der Waals surface area (Å²) in [7, 11) is 3.91. The Morgan fingerprint density at radius 2 is 2.00 bits per heavy atom. The number of rotatable bonds is 5. The summed E-state index contributed by atoms with van der Waals surface area (Å²) >= 11 is 0. The predicted octanol–water partition coefficient (Wildman–Crippen LogP) is 1.38. The predicted molar refractivity (Wildman–Crippen MR) is 84.7 cm³/mol. The fraction of sp³-hybridized carbons (Fsp3) is 0.667. The van der Waals surface area contributed by atoms with Gasteiger partial charge < -0.3 is 14.7 Å². The van der Waals surface area contributed by atoms with Gasteiger partial charge in [0.15, 0.2) is 5.82 Å². The maximum atomic E-state index is 12.0. The van der Waals surface area contributed by atoms with Crippen molar-refractivity contribution >= 4 is 17.4 Å².